The van der Waals surface area contributed by atoms with E-state index < -0.39 is 5.41 Å². The highest BCUT2D eigenvalue weighted by Crippen LogP contribution is 2.57. The topological polar surface area (TPSA) is 43.6 Å². The number of para-hydroxylation sites is 1. The number of fused-ring (bicyclic) bond motifs is 9. The van der Waals surface area contributed by atoms with Gasteiger partial charge in [-0.1, -0.05) is 164 Å². The fraction of sp³-hybridized carbons (Fsp3) is 0.0192. The Hall–Kier alpha value is -7.21. The van der Waals surface area contributed by atoms with Crippen molar-refractivity contribution in [3.63, 3.8) is 0 Å². The molecule has 0 unspecified atom stereocenters. The molecule has 0 saturated heterocycles. The molecule has 0 fully saturated rings. The van der Waals surface area contributed by atoms with Crippen molar-refractivity contribution in [2.45, 2.75) is 5.41 Å². The van der Waals surface area contributed by atoms with E-state index in [0.29, 0.717) is 17.6 Å². The van der Waals surface area contributed by atoms with Gasteiger partial charge in [0.1, 0.15) is 0 Å². The highest BCUT2D eigenvalue weighted by molar-refractivity contribution is 7.26. The van der Waals surface area contributed by atoms with Gasteiger partial charge in [-0.25, -0.2) is 4.98 Å². The molecule has 11 aromatic rings. The largest absolute Gasteiger partial charge is 0.278 e. The third-order valence-corrected chi connectivity index (χ3v) is 13.0. The van der Waals surface area contributed by atoms with Crippen LogP contribution in [0.25, 0.3) is 81.8 Å². The monoisotopic (exact) mass is 744 g/mol. The van der Waals surface area contributed by atoms with Crippen molar-refractivity contribution in [2.75, 3.05) is 0 Å². The number of aromatic nitrogens is 4. The third kappa shape index (κ3) is 4.64. The van der Waals surface area contributed by atoms with Gasteiger partial charge in [-0.15, -0.1) is 11.3 Å². The maximum Gasteiger partial charge on any atom is 0.238 e. The molecular formula is C52H32N4S. The minimum atomic E-state index is -0.541. The van der Waals surface area contributed by atoms with Crippen molar-refractivity contribution in [3.05, 3.63) is 216 Å². The number of hydrogen-bond donors (Lipinski definition) is 0. The van der Waals surface area contributed by atoms with E-state index in [0.717, 1.165) is 32.9 Å². The smallest absolute Gasteiger partial charge is 0.238 e. The minimum Gasteiger partial charge on any atom is -0.278 e. The van der Waals surface area contributed by atoms with Gasteiger partial charge < -0.3 is 0 Å². The van der Waals surface area contributed by atoms with Crippen LogP contribution < -0.4 is 0 Å². The van der Waals surface area contributed by atoms with Crippen LogP contribution in [0.2, 0.25) is 0 Å². The van der Waals surface area contributed by atoms with E-state index in [1.54, 1.807) is 11.3 Å². The Bertz CT molecular complexity index is 3310. The molecule has 57 heavy (non-hydrogen) atoms. The third-order valence-electron chi connectivity index (χ3n) is 11.8. The molecule has 0 amide bonds. The summed E-state index contributed by atoms with van der Waals surface area (Å²) in [5.74, 6) is 1.87. The van der Waals surface area contributed by atoms with Crippen LogP contribution in [0.4, 0.5) is 0 Å². The second-order valence-electron chi connectivity index (χ2n) is 14.7. The molecule has 0 atom stereocenters. The molecular weight excluding hydrogens is 713 g/mol. The van der Waals surface area contributed by atoms with Gasteiger partial charge in [-0.2, -0.15) is 9.97 Å². The van der Waals surface area contributed by atoms with Crippen molar-refractivity contribution < 1.29 is 0 Å². The summed E-state index contributed by atoms with van der Waals surface area (Å²) in [5.41, 5.74) is 11.0. The molecule has 5 heteroatoms. The summed E-state index contributed by atoms with van der Waals surface area (Å²) in [6, 6.07) is 69.7. The van der Waals surface area contributed by atoms with Crippen molar-refractivity contribution >= 4 is 53.3 Å². The molecule has 8 aromatic carbocycles. The first-order valence-electron chi connectivity index (χ1n) is 19.3. The Morgan fingerprint density at radius 2 is 1.02 bits per heavy atom. The van der Waals surface area contributed by atoms with Gasteiger partial charge in [-0.3, -0.25) is 4.57 Å². The number of hydrogen-bond acceptors (Lipinski definition) is 4. The fourth-order valence-corrected chi connectivity index (χ4v) is 10.6. The Balaban J connectivity index is 1.19. The second kappa shape index (κ2) is 12.4. The molecule has 1 aliphatic carbocycles. The summed E-state index contributed by atoms with van der Waals surface area (Å²) in [7, 11) is 0. The summed E-state index contributed by atoms with van der Waals surface area (Å²) < 4.78 is 4.68. The molecule has 3 aromatic heterocycles. The number of thiophene rings is 1. The Morgan fingerprint density at radius 1 is 0.404 bits per heavy atom. The zero-order valence-electron chi connectivity index (χ0n) is 30.7. The molecule has 1 aliphatic rings. The molecule has 0 saturated carbocycles. The molecule has 3 heterocycles. The van der Waals surface area contributed by atoms with Crippen molar-refractivity contribution in [2.24, 2.45) is 0 Å². The normalized spacial score (nSPS) is 13.1. The standard InChI is InChI=1S/C52H32N4S/c1-4-17-33(18-5-1)49-53-50(40-27-16-26-39-38-25-12-15-30-47(38)57-48(39)40)55-51(54-49)56-45-29-14-11-24-37(45)42-31-41-36-23-10-13-28-43(36)52(44(41)32-46(42)56,34-19-6-2-7-20-34)35-21-8-3-9-22-35/h1-32H. The zero-order chi connectivity index (χ0) is 37.5. The lowest BCUT2D eigenvalue weighted by molar-refractivity contribution is 0.769. The Kier molecular flexibility index (Phi) is 6.98. The lowest BCUT2D eigenvalue weighted by Gasteiger charge is -2.34. The highest BCUT2D eigenvalue weighted by Gasteiger charge is 2.46. The predicted molar refractivity (Wildman–Crippen MR) is 235 cm³/mol. The quantitative estimate of drug-likeness (QED) is 0.176. The van der Waals surface area contributed by atoms with Gasteiger partial charge in [-0.05, 0) is 63.7 Å². The van der Waals surface area contributed by atoms with E-state index in [4.69, 9.17) is 15.0 Å². The summed E-state index contributed by atoms with van der Waals surface area (Å²) in [6.45, 7) is 0. The first-order valence-corrected chi connectivity index (χ1v) is 20.1. The van der Waals surface area contributed by atoms with Crippen molar-refractivity contribution in [1.82, 2.24) is 19.5 Å². The van der Waals surface area contributed by atoms with Crippen LogP contribution in [0, 0.1) is 0 Å². The van der Waals surface area contributed by atoms with Crippen LogP contribution in [0.1, 0.15) is 22.3 Å². The summed E-state index contributed by atoms with van der Waals surface area (Å²) in [4.78, 5) is 16.0. The second-order valence-corrected chi connectivity index (χ2v) is 15.8. The van der Waals surface area contributed by atoms with Gasteiger partial charge in [0.25, 0.3) is 0 Å². The van der Waals surface area contributed by atoms with Crippen LogP contribution in [-0.4, -0.2) is 19.5 Å². The van der Waals surface area contributed by atoms with E-state index in [2.05, 4.69) is 180 Å². The van der Waals surface area contributed by atoms with E-state index in [1.165, 1.54) is 53.6 Å². The van der Waals surface area contributed by atoms with Gasteiger partial charge in [0, 0.05) is 42.1 Å². The van der Waals surface area contributed by atoms with Crippen molar-refractivity contribution in [1.29, 1.82) is 0 Å². The minimum absolute atomic E-state index is 0.541. The molecule has 266 valence electrons. The molecule has 0 radical (unpaired) electrons. The molecule has 0 N–H and O–H groups in total. The average Bonchev–Trinajstić information content (AvgIpc) is 3.92. The van der Waals surface area contributed by atoms with Gasteiger partial charge in [0.05, 0.1) is 16.4 Å². The molecule has 4 nitrogen and oxygen atoms in total. The predicted octanol–water partition coefficient (Wildman–Crippen LogP) is 13.0. The molecule has 0 bridgehead atoms. The Labute approximate surface area is 333 Å². The van der Waals surface area contributed by atoms with Crippen LogP contribution in [-0.2, 0) is 5.41 Å². The first kappa shape index (κ1) is 32.1. The van der Waals surface area contributed by atoms with Crippen LogP contribution in [0.3, 0.4) is 0 Å². The van der Waals surface area contributed by atoms with Crippen LogP contribution >= 0.6 is 11.3 Å². The van der Waals surface area contributed by atoms with Crippen LogP contribution in [0.5, 0.6) is 0 Å². The van der Waals surface area contributed by atoms with E-state index in [1.807, 2.05) is 18.2 Å². The van der Waals surface area contributed by atoms with Gasteiger partial charge in [0.15, 0.2) is 11.6 Å². The first-order chi connectivity index (χ1) is 28.3. The number of nitrogens with zero attached hydrogens (tertiary/aromatic N) is 4. The van der Waals surface area contributed by atoms with Gasteiger partial charge >= 0.3 is 0 Å². The molecule has 12 rings (SSSR count). The molecule has 0 spiro atoms. The van der Waals surface area contributed by atoms with Crippen LogP contribution in [0.15, 0.2) is 194 Å². The highest BCUT2D eigenvalue weighted by atomic mass is 32.1. The van der Waals surface area contributed by atoms with E-state index in [9.17, 15) is 0 Å². The lowest BCUT2D eigenvalue weighted by atomic mass is 9.67. The zero-order valence-corrected chi connectivity index (χ0v) is 31.5. The maximum absolute atomic E-state index is 5.43. The SMILES string of the molecule is c1ccc(-c2nc(-c3cccc4c3sc3ccccc34)nc(-n3c4ccccc4c4cc5c(cc43)C(c3ccccc3)(c3ccccc3)c3ccccc3-5)n2)cc1. The Morgan fingerprint density at radius 3 is 1.81 bits per heavy atom. The summed E-state index contributed by atoms with van der Waals surface area (Å²) in [5, 5.41) is 4.77. The van der Waals surface area contributed by atoms with Gasteiger partial charge in [0.2, 0.25) is 5.95 Å². The maximum atomic E-state index is 5.43. The molecule has 0 aliphatic heterocycles. The average molecular weight is 745 g/mol. The number of benzene rings is 8. The lowest BCUT2D eigenvalue weighted by Crippen LogP contribution is -2.28. The van der Waals surface area contributed by atoms with Crippen molar-refractivity contribution in [3.8, 4) is 39.9 Å². The van der Waals surface area contributed by atoms with E-state index in [-0.39, 0.29) is 0 Å². The summed E-state index contributed by atoms with van der Waals surface area (Å²) >= 11 is 1.79. The summed E-state index contributed by atoms with van der Waals surface area (Å²) in [6.07, 6.45) is 0. The fourth-order valence-electron chi connectivity index (χ4n) is 9.34. The number of rotatable bonds is 5. The van der Waals surface area contributed by atoms with E-state index >= 15 is 0 Å².